The number of amides is 1. The van der Waals surface area contributed by atoms with Gasteiger partial charge in [0, 0.05) is 29.8 Å². The van der Waals surface area contributed by atoms with Crippen LogP contribution in [0, 0.1) is 0 Å². The van der Waals surface area contributed by atoms with Gasteiger partial charge in [0.15, 0.2) is 5.60 Å². The molecule has 36 heavy (non-hydrogen) atoms. The predicted molar refractivity (Wildman–Crippen MR) is 148 cm³/mol. The fraction of sp³-hybridized carbons (Fsp3) is 0.103. The van der Waals surface area contributed by atoms with Gasteiger partial charge in [-0.15, -0.1) is 0 Å². The molecule has 4 aromatic carbocycles. The zero-order chi connectivity index (χ0) is 25.7. The Bertz CT molecular complexity index is 1290. The van der Waals surface area contributed by atoms with Crippen molar-refractivity contribution < 1.29 is 9.90 Å². The largest absolute Gasteiger partial charge is 0.378 e. The fourth-order valence-electron chi connectivity index (χ4n) is 3.74. The minimum Gasteiger partial charge on any atom is -0.378 e. The molecule has 4 rings (SSSR count). The normalized spacial score (nSPS) is 11.5. The monoisotopic (exact) mass is 517 g/mol. The van der Waals surface area contributed by atoms with E-state index in [0.717, 1.165) is 11.3 Å². The highest BCUT2D eigenvalue weighted by Gasteiger charge is 2.43. The maximum atomic E-state index is 14.2. The summed E-state index contributed by atoms with van der Waals surface area (Å²) in [5, 5.41) is 18.8. The van der Waals surface area contributed by atoms with Crippen molar-refractivity contribution in [3.8, 4) is 0 Å². The Morgan fingerprint density at radius 2 is 1.25 bits per heavy atom. The van der Waals surface area contributed by atoms with Crippen LogP contribution in [0.3, 0.4) is 0 Å². The highest BCUT2D eigenvalue weighted by molar-refractivity contribution is 6.30. The lowest BCUT2D eigenvalue weighted by Crippen LogP contribution is -2.46. The van der Waals surface area contributed by atoms with Gasteiger partial charge in [0.2, 0.25) is 0 Å². The first kappa shape index (κ1) is 25.5. The van der Waals surface area contributed by atoms with Crippen LogP contribution in [0.5, 0.6) is 0 Å². The van der Waals surface area contributed by atoms with E-state index >= 15 is 0 Å². The fourth-order valence-corrected chi connectivity index (χ4v) is 3.99. The van der Waals surface area contributed by atoms with E-state index < -0.39 is 11.5 Å². The number of carbonyl (C=O) groups is 1. The SMILES string of the molecule is CN(C)c1ccc(/C=N\N(C(=O)C(O)(c2ccc(Cl)cc2)c2ccc(Cl)cc2)c2ccccc2)cc1. The van der Waals surface area contributed by atoms with Crippen LogP contribution < -0.4 is 9.91 Å². The third-order valence-electron chi connectivity index (χ3n) is 5.76. The molecule has 4 aromatic rings. The van der Waals surface area contributed by atoms with E-state index in [2.05, 4.69) is 5.10 Å². The summed E-state index contributed by atoms with van der Waals surface area (Å²) in [6, 6.07) is 29.8. The number of nitrogens with zero attached hydrogens (tertiary/aromatic N) is 3. The molecule has 0 aromatic heterocycles. The Balaban J connectivity index is 1.81. The highest BCUT2D eigenvalue weighted by atomic mass is 35.5. The molecule has 0 radical (unpaired) electrons. The summed E-state index contributed by atoms with van der Waals surface area (Å²) in [5.74, 6) is -0.653. The van der Waals surface area contributed by atoms with Crippen LogP contribution in [0.4, 0.5) is 11.4 Å². The number of anilines is 2. The standard InChI is InChI=1S/C29H25Cl2N3O2/c1-33(2)26-18-8-21(9-19-26)20-32-34(27-6-4-3-5-7-27)28(35)29(36,22-10-14-24(30)15-11-22)23-12-16-25(31)17-13-23/h3-20,36H,1-2H3/b32-20-. The van der Waals surface area contributed by atoms with Crippen LogP contribution >= 0.6 is 23.2 Å². The lowest BCUT2D eigenvalue weighted by molar-refractivity contribution is -0.133. The molecule has 0 heterocycles. The van der Waals surface area contributed by atoms with Crippen molar-refractivity contribution in [2.24, 2.45) is 5.10 Å². The second-order valence-corrected chi connectivity index (χ2v) is 9.28. The maximum Gasteiger partial charge on any atom is 0.288 e. The average molecular weight is 518 g/mol. The van der Waals surface area contributed by atoms with E-state index in [4.69, 9.17) is 23.2 Å². The summed E-state index contributed by atoms with van der Waals surface area (Å²) in [5.41, 5.74) is 0.997. The topological polar surface area (TPSA) is 56.1 Å². The molecule has 7 heteroatoms. The number of aliphatic hydroxyl groups is 1. The quantitative estimate of drug-likeness (QED) is 0.229. The van der Waals surface area contributed by atoms with Gasteiger partial charge in [0.1, 0.15) is 0 Å². The van der Waals surface area contributed by atoms with E-state index in [1.807, 2.05) is 49.3 Å². The molecule has 0 bridgehead atoms. The van der Waals surface area contributed by atoms with Crippen LogP contribution in [0.1, 0.15) is 16.7 Å². The zero-order valence-electron chi connectivity index (χ0n) is 19.8. The molecule has 0 aliphatic carbocycles. The smallest absolute Gasteiger partial charge is 0.288 e. The minimum absolute atomic E-state index is 0.352. The van der Waals surface area contributed by atoms with Crippen LogP contribution in [0.2, 0.25) is 10.0 Å². The first-order valence-corrected chi connectivity index (χ1v) is 12.0. The van der Waals surface area contributed by atoms with E-state index in [1.54, 1.807) is 79.0 Å². The summed E-state index contributed by atoms with van der Waals surface area (Å²) >= 11 is 12.2. The number of hydrogen-bond donors (Lipinski definition) is 1. The first-order valence-electron chi connectivity index (χ1n) is 11.2. The molecular weight excluding hydrogens is 493 g/mol. The van der Waals surface area contributed by atoms with Crippen molar-refractivity contribution in [3.63, 3.8) is 0 Å². The molecule has 182 valence electrons. The molecule has 0 spiro atoms. The van der Waals surface area contributed by atoms with Crippen molar-refractivity contribution >= 4 is 46.7 Å². The third-order valence-corrected chi connectivity index (χ3v) is 6.26. The number of hydrogen-bond acceptors (Lipinski definition) is 4. The molecule has 1 amide bonds. The highest BCUT2D eigenvalue weighted by Crippen LogP contribution is 2.35. The molecule has 0 saturated heterocycles. The molecule has 0 unspecified atom stereocenters. The van der Waals surface area contributed by atoms with Gasteiger partial charge in [-0.25, -0.2) is 0 Å². The maximum absolute atomic E-state index is 14.2. The summed E-state index contributed by atoms with van der Waals surface area (Å²) in [4.78, 5) is 16.2. The van der Waals surface area contributed by atoms with Crippen molar-refractivity contribution in [1.82, 2.24) is 0 Å². The van der Waals surface area contributed by atoms with Crippen LogP contribution in [0.25, 0.3) is 0 Å². The lowest BCUT2D eigenvalue weighted by Gasteiger charge is -2.32. The summed E-state index contributed by atoms with van der Waals surface area (Å²) in [6.07, 6.45) is 1.59. The van der Waals surface area contributed by atoms with Crippen molar-refractivity contribution in [2.75, 3.05) is 24.0 Å². The third kappa shape index (κ3) is 5.44. The van der Waals surface area contributed by atoms with Crippen LogP contribution in [-0.4, -0.2) is 31.3 Å². The Morgan fingerprint density at radius 1 is 0.750 bits per heavy atom. The summed E-state index contributed by atoms with van der Waals surface area (Å²) in [6.45, 7) is 0. The molecule has 1 N–H and O–H groups in total. The van der Waals surface area contributed by atoms with E-state index in [-0.39, 0.29) is 0 Å². The molecule has 0 atom stereocenters. The lowest BCUT2D eigenvalue weighted by atomic mass is 9.85. The minimum atomic E-state index is -2.06. The number of benzene rings is 4. The average Bonchev–Trinajstić information content (AvgIpc) is 2.90. The number of halogens is 2. The molecular formula is C29H25Cl2N3O2. The Morgan fingerprint density at radius 3 is 1.72 bits per heavy atom. The predicted octanol–water partition coefficient (Wildman–Crippen LogP) is 6.36. The summed E-state index contributed by atoms with van der Waals surface area (Å²) in [7, 11) is 3.93. The van der Waals surface area contributed by atoms with Crippen molar-refractivity contribution in [3.05, 3.63) is 130 Å². The Hall–Kier alpha value is -3.64. The van der Waals surface area contributed by atoms with Crippen molar-refractivity contribution in [1.29, 1.82) is 0 Å². The Kier molecular flexibility index (Phi) is 7.75. The van der Waals surface area contributed by atoms with Gasteiger partial charge in [-0.1, -0.05) is 77.8 Å². The van der Waals surface area contributed by atoms with Gasteiger partial charge in [0.05, 0.1) is 11.9 Å². The van der Waals surface area contributed by atoms with Gasteiger partial charge in [-0.2, -0.15) is 10.1 Å². The van der Waals surface area contributed by atoms with Crippen molar-refractivity contribution in [2.45, 2.75) is 5.60 Å². The number of para-hydroxylation sites is 1. The van der Waals surface area contributed by atoms with Gasteiger partial charge >= 0.3 is 0 Å². The number of rotatable bonds is 7. The summed E-state index contributed by atoms with van der Waals surface area (Å²) < 4.78 is 0. The van der Waals surface area contributed by atoms with Crippen LogP contribution in [-0.2, 0) is 10.4 Å². The first-order chi connectivity index (χ1) is 17.3. The van der Waals surface area contributed by atoms with Crippen LogP contribution in [0.15, 0.2) is 108 Å². The Labute approximate surface area is 220 Å². The van der Waals surface area contributed by atoms with E-state index in [9.17, 15) is 9.90 Å². The van der Waals surface area contributed by atoms with Gasteiger partial charge < -0.3 is 10.0 Å². The molecule has 0 aliphatic rings. The molecule has 5 nitrogen and oxygen atoms in total. The van der Waals surface area contributed by atoms with E-state index in [1.165, 1.54) is 5.01 Å². The van der Waals surface area contributed by atoms with E-state index in [0.29, 0.717) is 26.9 Å². The zero-order valence-corrected chi connectivity index (χ0v) is 21.4. The number of hydrazone groups is 1. The second kappa shape index (κ2) is 11.0. The molecule has 0 fully saturated rings. The van der Waals surface area contributed by atoms with Gasteiger partial charge in [-0.05, 0) is 65.2 Å². The molecule has 0 aliphatic heterocycles. The second-order valence-electron chi connectivity index (χ2n) is 8.41. The van der Waals surface area contributed by atoms with Gasteiger partial charge in [0.25, 0.3) is 5.91 Å². The molecule has 0 saturated carbocycles. The van der Waals surface area contributed by atoms with Gasteiger partial charge in [-0.3, -0.25) is 4.79 Å². The number of carbonyl (C=O) groups excluding carboxylic acids is 1.